The van der Waals surface area contributed by atoms with Gasteiger partial charge >= 0.3 is 0 Å². The first-order chi connectivity index (χ1) is 8.60. The highest BCUT2D eigenvalue weighted by Gasteiger charge is 2.27. The maximum Gasteiger partial charge on any atom is 0.242 e. The van der Waals surface area contributed by atoms with E-state index in [0.717, 1.165) is 5.56 Å². The molecule has 0 bridgehead atoms. The lowest BCUT2D eigenvalue weighted by atomic mass is 10.1. The van der Waals surface area contributed by atoms with Crippen molar-refractivity contribution in [3.8, 4) is 6.07 Å². The van der Waals surface area contributed by atoms with Crippen LogP contribution in [0.2, 0.25) is 0 Å². The van der Waals surface area contributed by atoms with Crippen molar-refractivity contribution in [1.82, 2.24) is 9.80 Å². The van der Waals surface area contributed by atoms with Crippen LogP contribution in [-0.2, 0) is 16.1 Å². The molecule has 1 fully saturated rings. The van der Waals surface area contributed by atoms with E-state index >= 15 is 0 Å². The topological polar surface area (TPSA) is 64.4 Å². The third-order valence-electron chi connectivity index (χ3n) is 2.93. The molecule has 0 atom stereocenters. The van der Waals surface area contributed by atoms with Gasteiger partial charge in [0.2, 0.25) is 11.8 Å². The fraction of sp³-hybridized carbons (Fsp3) is 0.308. The molecule has 0 radical (unpaired) electrons. The van der Waals surface area contributed by atoms with Crippen molar-refractivity contribution in [3.63, 3.8) is 0 Å². The monoisotopic (exact) mass is 243 g/mol. The number of likely N-dealkylation sites (N-methyl/N-ethyl adjacent to an activating group) is 1. The first-order valence-corrected chi connectivity index (χ1v) is 5.61. The van der Waals surface area contributed by atoms with Crippen molar-refractivity contribution in [1.29, 1.82) is 5.26 Å². The Morgan fingerprint density at radius 3 is 2.44 bits per heavy atom. The van der Waals surface area contributed by atoms with Gasteiger partial charge in [0.15, 0.2) is 0 Å². The molecule has 18 heavy (non-hydrogen) atoms. The molecule has 1 aromatic rings. The molecular weight excluding hydrogens is 230 g/mol. The largest absolute Gasteiger partial charge is 0.335 e. The number of amides is 2. The molecule has 2 amide bonds. The molecule has 0 aromatic heterocycles. The van der Waals surface area contributed by atoms with Crippen molar-refractivity contribution < 1.29 is 9.59 Å². The van der Waals surface area contributed by atoms with Crippen LogP contribution < -0.4 is 0 Å². The number of nitriles is 1. The minimum absolute atomic E-state index is 0.0526. The quantitative estimate of drug-likeness (QED) is 0.753. The van der Waals surface area contributed by atoms with Crippen LogP contribution in [0.4, 0.5) is 0 Å². The van der Waals surface area contributed by atoms with Crippen molar-refractivity contribution in [2.24, 2.45) is 0 Å². The van der Waals surface area contributed by atoms with Crippen molar-refractivity contribution >= 4 is 11.8 Å². The number of carbonyl (C=O) groups excluding carboxylic acids is 2. The molecule has 1 aliphatic heterocycles. The number of nitrogens with zero attached hydrogens (tertiary/aromatic N) is 3. The molecule has 1 aromatic carbocycles. The summed E-state index contributed by atoms with van der Waals surface area (Å²) in [7, 11) is 1.62. The van der Waals surface area contributed by atoms with E-state index in [9.17, 15) is 9.59 Å². The lowest BCUT2D eigenvalue weighted by molar-refractivity contribution is -0.149. The summed E-state index contributed by atoms with van der Waals surface area (Å²) < 4.78 is 0. The third kappa shape index (κ3) is 2.48. The summed E-state index contributed by atoms with van der Waals surface area (Å²) in [4.78, 5) is 26.2. The minimum atomic E-state index is -0.0542. The molecule has 1 saturated heterocycles. The number of piperazine rings is 1. The standard InChI is InChI=1S/C13H13N3O2/c1-15-8-13(18)16(9-12(15)17)7-11-4-2-10(6-14)3-5-11/h2-5H,7-9H2,1H3. The van der Waals surface area contributed by atoms with Gasteiger partial charge in [-0.15, -0.1) is 0 Å². The van der Waals surface area contributed by atoms with Gasteiger partial charge in [0.1, 0.15) is 6.54 Å². The van der Waals surface area contributed by atoms with Gasteiger partial charge in [-0.1, -0.05) is 12.1 Å². The average Bonchev–Trinajstić information content (AvgIpc) is 2.37. The summed E-state index contributed by atoms with van der Waals surface area (Å²) in [5, 5.41) is 8.69. The van der Waals surface area contributed by atoms with Gasteiger partial charge in [0.25, 0.3) is 0 Å². The summed E-state index contributed by atoms with van der Waals surface area (Å²) in [5.74, 6) is -0.107. The first-order valence-electron chi connectivity index (χ1n) is 5.61. The number of benzene rings is 1. The molecule has 92 valence electrons. The van der Waals surface area contributed by atoms with Gasteiger partial charge in [-0.25, -0.2) is 0 Å². The highest BCUT2D eigenvalue weighted by Crippen LogP contribution is 2.10. The van der Waals surface area contributed by atoms with E-state index in [0.29, 0.717) is 12.1 Å². The Balaban J connectivity index is 2.06. The normalized spacial score (nSPS) is 15.8. The highest BCUT2D eigenvalue weighted by atomic mass is 16.2. The Morgan fingerprint density at radius 1 is 1.17 bits per heavy atom. The van der Waals surface area contributed by atoms with Crippen molar-refractivity contribution in [2.45, 2.75) is 6.54 Å². The Hall–Kier alpha value is -2.35. The maximum absolute atomic E-state index is 11.8. The Labute approximate surface area is 105 Å². The summed E-state index contributed by atoms with van der Waals surface area (Å²) in [6.07, 6.45) is 0. The Morgan fingerprint density at radius 2 is 1.83 bits per heavy atom. The van der Waals surface area contributed by atoms with Crippen LogP contribution in [0, 0.1) is 11.3 Å². The lowest BCUT2D eigenvalue weighted by Gasteiger charge is -2.31. The van der Waals surface area contributed by atoms with Gasteiger partial charge < -0.3 is 9.80 Å². The van der Waals surface area contributed by atoms with Crippen LogP contribution in [0.3, 0.4) is 0 Å². The maximum atomic E-state index is 11.8. The zero-order chi connectivity index (χ0) is 13.1. The number of hydrogen-bond acceptors (Lipinski definition) is 3. The summed E-state index contributed by atoms with van der Waals surface area (Å²) in [6, 6.07) is 9.05. The molecule has 1 aliphatic rings. The van der Waals surface area contributed by atoms with E-state index < -0.39 is 0 Å². The van der Waals surface area contributed by atoms with Gasteiger partial charge in [-0.05, 0) is 17.7 Å². The van der Waals surface area contributed by atoms with Crippen LogP contribution >= 0.6 is 0 Å². The predicted molar refractivity (Wildman–Crippen MR) is 64.2 cm³/mol. The lowest BCUT2D eigenvalue weighted by Crippen LogP contribution is -2.51. The fourth-order valence-corrected chi connectivity index (χ4v) is 1.81. The van der Waals surface area contributed by atoms with E-state index in [1.54, 1.807) is 31.3 Å². The first kappa shape index (κ1) is 12.1. The molecule has 5 heteroatoms. The minimum Gasteiger partial charge on any atom is -0.335 e. The SMILES string of the molecule is CN1CC(=O)N(Cc2ccc(C#N)cc2)CC1=O. The van der Waals surface area contributed by atoms with Crippen molar-refractivity contribution in [3.05, 3.63) is 35.4 Å². The van der Waals surface area contributed by atoms with Crippen molar-refractivity contribution in [2.75, 3.05) is 20.1 Å². The van der Waals surface area contributed by atoms with E-state index in [4.69, 9.17) is 5.26 Å². The second-order valence-corrected chi connectivity index (χ2v) is 4.31. The molecule has 0 unspecified atom stereocenters. The number of rotatable bonds is 2. The fourth-order valence-electron chi connectivity index (χ4n) is 1.81. The highest BCUT2D eigenvalue weighted by molar-refractivity contribution is 5.92. The van der Waals surface area contributed by atoms with Crippen LogP contribution in [0.15, 0.2) is 24.3 Å². The summed E-state index contributed by atoms with van der Waals surface area (Å²) in [5.41, 5.74) is 1.50. The molecule has 2 rings (SSSR count). The Kier molecular flexibility index (Phi) is 3.28. The second kappa shape index (κ2) is 4.88. The molecular formula is C13H13N3O2. The molecule has 5 nitrogen and oxygen atoms in total. The van der Waals surface area contributed by atoms with Crippen LogP contribution in [0.25, 0.3) is 0 Å². The zero-order valence-electron chi connectivity index (χ0n) is 10.1. The second-order valence-electron chi connectivity index (χ2n) is 4.31. The summed E-state index contributed by atoms with van der Waals surface area (Å²) in [6.45, 7) is 0.661. The predicted octanol–water partition coefficient (Wildman–Crippen LogP) is 0.359. The molecule has 0 spiro atoms. The van der Waals surface area contributed by atoms with E-state index in [-0.39, 0.29) is 24.9 Å². The van der Waals surface area contributed by atoms with Gasteiger partial charge in [-0.2, -0.15) is 5.26 Å². The summed E-state index contributed by atoms with van der Waals surface area (Å²) >= 11 is 0. The molecule has 0 N–H and O–H groups in total. The molecule has 0 saturated carbocycles. The number of hydrogen-bond donors (Lipinski definition) is 0. The van der Waals surface area contributed by atoms with Gasteiger partial charge in [-0.3, -0.25) is 9.59 Å². The number of carbonyl (C=O) groups is 2. The van der Waals surface area contributed by atoms with Gasteiger partial charge in [0.05, 0.1) is 18.2 Å². The molecule has 0 aliphatic carbocycles. The van der Waals surface area contributed by atoms with E-state index in [1.807, 2.05) is 6.07 Å². The van der Waals surface area contributed by atoms with Gasteiger partial charge in [0, 0.05) is 13.6 Å². The van der Waals surface area contributed by atoms with E-state index in [2.05, 4.69) is 0 Å². The van der Waals surface area contributed by atoms with Crippen LogP contribution in [-0.4, -0.2) is 41.8 Å². The molecule has 1 heterocycles. The third-order valence-corrected chi connectivity index (χ3v) is 2.93. The van der Waals surface area contributed by atoms with Crippen LogP contribution in [0.5, 0.6) is 0 Å². The average molecular weight is 243 g/mol. The van der Waals surface area contributed by atoms with Crippen LogP contribution in [0.1, 0.15) is 11.1 Å². The van der Waals surface area contributed by atoms with E-state index in [1.165, 1.54) is 9.80 Å². The Bertz CT molecular complexity index is 516. The zero-order valence-corrected chi connectivity index (χ0v) is 10.1. The smallest absolute Gasteiger partial charge is 0.242 e.